The molecule has 0 spiro atoms. The molecule has 1 rings (SSSR count). The molecule has 0 aromatic heterocycles. The van der Waals surface area contributed by atoms with Gasteiger partial charge in [0.05, 0.1) is 12.7 Å². The van der Waals surface area contributed by atoms with Crippen molar-refractivity contribution in [1.82, 2.24) is 5.32 Å². The van der Waals surface area contributed by atoms with E-state index in [0.29, 0.717) is 6.61 Å². The first-order chi connectivity index (χ1) is 15.7. The first-order valence-electron chi connectivity index (χ1n) is 13.3. The molecule has 5 atom stereocenters. The van der Waals surface area contributed by atoms with Crippen LogP contribution in [-0.2, 0) is 22.8 Å². The van der Waals surface area contributed by atoms with E-state index in [2.05, 4.69) is 107 Å². The van der Waals surface area contributed by atoms with Crippen molar-refractivity contribution in [2.45, 2.75) is 154 Å². The van der Waals surface area contributed by atoms with Crippen LogP contribution < -0.4 is 5.32 Å². The second kappa shape index (κ2) is 11.2. The Bertz CT molecular complexity index is 752. The number of aliphatic hydroxyl groups is 1. The summed E-state index contributed by atoms with van der Waals surface area (Å²) in [6, 6.07) is -0.740. The minimum absolute atomic E-state index is 0.0336. The molecule has 0 saturated carbocycles. The molecule has 214 valence electrons. The SMILES string of the molecule is CC(=O)N[C@@H]1[C@@H](O[Si](C)(C)C(C)(C)C)[C@H](O[Si](C)(C)C(C)(C)C)[C@@H](CO[Si](C)(C)C(C)(C)C)O[C@@H]1O. The summed E-state index contributed by atoms with van der Waals surface area (Å²) in [5.41, 5.74) is 0. The number of rotatable bonds is 8. The fraction of sp³-hybridized carbons (Fsp3) is 0.962. The first kappa shape index (κ1) is 33.9. The fourth-order valence-electron chi connectivity index (χ4n) is 3.27. The highest BCUT2D eigenvalue weighted by molar-refractivity contribution is 6.75. The molecule has 0 aromatic rings. The third-order valence-corrected chi connectivity index (χ3v) is 22.4. The van der Waals surface area contributed by atoms with Gasteiger partial charge in [-0.1, -0.05) is 62.3 Å². The molecule has 1 amide bonds. The van der Waals surface area contributed by atoms with Crippen LogP contribution in [0, 0.1) is 0 Å². The number of aliphatic hydroxyl groups excluding tert-OH is 1. The van der Waals surface area contributed by atoms with Gasteiger partial charge in [-0.05, 0) is 54.4 Å². The summed E-state index contributed by atoms with van der Waals surface area (Å²) in [7, 11) is -6.68. The molecule has 2 N–H and O–H groups in total. The number of carbonyl (C=O) groups is 1. The van der Waals surface area contributed by atoms with Gasteiger partial charge in [0.15, 0.2) is 31.2 Å². The Morgan fingerprint density at radius 3 is 1.53 bits per heavy atom. The lowest BCUT2D eigenvalue weighted by atomic mass is 9.97. The highest BCUT2D eigenvalue weighted by Gasteiger charge is 2.54. The van der Waals surface area contributed by atoms with E-state index in [9.17, 15) is 9.90 Å². The zero-order valence-corrected chi connectivity index (χ0v) is 29.1. The summed E-state index contributed by atoms with van der Waals surface area (Å²) >= 11 is 0. The highest BCUT2D eigenvalue weighted by atomic mass is 28.4. The quantitative estimate of drug-likeness (QED) is 0.352. The molecule has 1 aliphatic rings. The Morgan fingerprint density at radius 1 is 0.778 bits per heavy atom. The largest absolute Gasteiger partial charge is 0.414 e. The number of carbonyl (C=O) groups excluding carboxylic acids is 1. The Labute approximate surface area is 224 Å². The van der Waals surface area contributed by atoms with Crippen molar-refractivity contribution < 1.29 is 27.9 Å². The molecule has 1 heterocycles. The van der Waals surface area contributed by atoms with E-state index in [4.69, 9.17) is 18.0 Å². The van der Waals surface area contributed by atoms with Crippen LogP contribution >= 0.6 is 0 Å². The molecular formula is C26H57NO6Si3. The van der Waals surface area contributed by atoms with E-state index in [1.54, 1.807) is 0 Å². The summed E-state index contributed by atoms with van der Waals surface area (Å²) in [6.07, 6.45) is -2.82. The predicted molar refractivity (Wildman–Crippen MR) is 156 cm³/mol. The molecular weight excluding hydrogens is 507 g/mol. The van der Waals surface area contributed by atoms with Crippen molar-refractivity contribution >= 4 is 30.9 Å². The van der Waals surface area contributed by atoms with E-state index in [0.717, 1.165) is 0 Å². The maximum atomic E-state index is 12.2. The lowest BCUT2D eigenvalue weighted by molar-refractivity contribution is -0.246. The number of amides is 1. The minimum Gasteiger partial charge on any atom is -0.414 e. The van der Waals surface area contributed by atoms with E-state index < -0.39 is 55.6 Å². The molecule has 36 heavy (non-hydrogen) atoms. The van der Waals surface area contributed by atoms with Crippen LogP contribution in [0.15, 0.2) is 0 Å². The summed E-state index contributed by atoms with van der Waals surface area (Å²) in [5.74, 6) is -0.242. The Morgan fingerprint density at radius 2 is 1.17 bits per heavy atom. The van der Waals surface area contributed by atoms with Crippen molar-refractivity contribution in [3.05, 3.63) is 0 Å². The van der Waals surface area contributed by atoms with Gasteiger partial charge in [-0.2, -0.15) is 0 Å². The second-order valence-corrected chi connectivity index (χ2v) is 29.4. The average Bonchev–Trinajstić information content (AvgIpc) is 2.62. The van der Waals surface area contributed by atoms with Crippen molar-refractivity contribution in [1.29, 1.82) is 0 Å². The number of ether oxygens (including phenoxy) is 1. The fourth-order valence-corrected chi connectivity index (χ4v) is 6.91. The molecule has 0 unspecified atom stereocenters. The van der Waals surface area contributed by atoms with Gasteiger partial charge in [0.2, 0.25) is 5.91 Å². The van der Waals surface area contributed by atoms with Gasteiger partial charge in [-0.25, -0.2) is 0 Å². The van der Waals surface area contributed by atoms with Gasteiger partial charge >= 0.3 is 0 Å². The minimum atomic E-state index is -2.31. The van der Waals surface area contributed by atoms with E-state index >= 15 is 0 Å². The normalized spacial score (nSPS) is 27.2. The summed E-state index contributed by atoms with van der Waals surface area (Å²) in [6.45, 7) is 34.7. The van der Waals surface area contributed by atoms with Crippen molar-refractivity contribution in [2.24, 2.45) is 0 Å². The Hall–Kier alpha value is -0.0794. The standard InChI is InChI=1S/C26H57NO6Si3/c1-18(28)27-20-22(33-36(15,16)26(8,9)10)21(32-35(13,14)25(5,6)7)19(31-23(20)29)17-30-34(11,12)24(2,3)4/h19-23,29H,17H2,1-16H3,(H,27,28)/t19-,20-,21-,22-,23+/m1/s1. The molecule has 10 heteroatoms. The van der Waals surface area contributed by atoms with Crippen molar-refractivity contribution in [2.75, 3.05) is 6.61 Å². The van der Waals surface area contributed by atoms with Crippen LogP contribution in [0.1, 0.15) is 69.2 Å². The zero-order valence-electron chi connectivity index (χ0n) is 26.1. The summed E-state index contributed by atoms with van der Waals surface area (Å²) < 4.78 is 26.7. The first-order valence-corrected chi connectivity index (χ1v) is 22.1. The molecule has 0 aromatic carbocycles. The van der Waals surface area contributed by atoms with E-state index in [1.807, 2.05) is 0 Å². The molecule has 0 bridgehead atoms. The Balaban J connectivity index is 3.59. The van der Waals surface area contributed by atoms with Crippen LogP contribution in [0.4, 0.5) is 0 Å². The average molecular weight is 564 g/mol. The lowest BCUT2D eigenvalue weighted by Gasteiger charge is -2.52. The summed E-state index contributed by atoms with van der Waals surface area (Å²) in [5, 5.41) is 14.0. The molecule has 0 radical (unpaired) electrons. The molecule has 1 aliphatic heterocycles. The molecule has 7 nitrogen and oxygen atoms in total. The maximum absolute atomic E-state index is 12.2. The van der Waals surface area contributed by atoms with Gasteiger partial charge in [-0.15, -0.1) is 0 Å². The van der Waals surface area contributed by atoms with Gasteiger partial charge < -0.3 is 28.4 Å². The number of nitrogens with one attached hydrogen (secondary N) is 1. The van der Waals surface area contributed by atoms with Crippen LogP contribution in [-0.4, -0.2) is 73.2 Å². The van der Waals surface area contributed by atoms with Crippen LogP contribution in [0.2, 0.25) is 54.4 Å². The van der Waals surface area contributed by atoms with E-state index in [1.165, 1.54) is 6.92 Å². The Kier molecular flexibility index (Phi) is 10.6. The monoisotopic (exact) mass is 563 g/mol. The molecule has 1 fully saturated rings. The van der Waals surface area contributed by atoms with Crippen LogP contribution in [0.5, 0.6) is 0 Å². The molecule has 0 aliphatic carbocycles. The topological polar surface area (TPSA) is 86.3 Å². The number of hydrogen-bond acceptors (Lipinski definition) is 6. The van der Waals surface area contributed by atoms with Crippen molar-refractivity contribution in [3.63, 3.8) is 0 Å². The predicted octanol–water partition coefficient (Wildman–Crippen LogP) is 6.01. The number of hydrogen-bond donors (Lipinski definition) is 2. The van der Waals surface area contributed by atoms with Gasteiger partial charge in [0.1, 0.15) is 18.2 Å². The highest BCUT2D eigenvalue weighted by Crippen LogP contribution is 2.43. The smallest absolute Gasteiger partial charge is 0.217 e. The maximum Gasteiger partial charge on any atom is 0.217 e. The van der Waals surface area contributed by atoms with Gasteiger partial charge in [0, 0.05) is 6.92 Å². The summed E-state index contributed by atoms with van der Waals surface area (Å²) in [4.78, 5) is 12.2. The molecule has 1 saturated heterocycles. The van der Waals surface area contributed by atoms with Crippen LogP contribution in [0.3, 0.4) is 0 Å². The zero-order chi connectivity index (χ0) is 28.7. The van der Waals surface area contributed by atoms with Gasteiger partial charge in [0.25, 0.3) is 0 Å². The van der Waals surface area contributed by atoms with Crippen LogP contribution in [0.25, 0.3) is 0 Å². The third-order valence-electron chi connectivity index (χ3n) is 8.92. The third kappa shape index (κ3) is 8.21. The van der Waals surface area contributed by atoms with E-state index in [-0.39, 0.29) is 21.0 Å². The van der Waals surface area contributed by atoms with Crippen molar-refractivity contribution in [3.8, 4) is 0 Å². The van der Waals surface area contributed by atoms with Gasteiger partial charge in [-0.3, -0.25) is 4.79 Å². The lowest BCUT2D eigenvalue weighted by Crippen LogP contribution is -2.69. The second-order valence-electron chi connectivity index (χ2n) is 15.0.